The Morgan fingerprint density at radius 1 is 1.27 bits per heavy atom. The number of hydrogen-bond donors (Lipinski definition) is 3. The van der Waals surface area contributed by atoms with Crippen LogP contribution < -0.4 is 20.7 Å². The van der Waals surface area contributed by atoms with Gasteiger partial charge in [-0.15, -0.1) is 13.2 Å². The molecule has 1 fully saturated rings. The number of likely N-dealkylation sites (N-methyl/N-ethyl adjacent to an activating group) is 1. The Balaban J connectivity index is 1.98. The smallest absolute Gasteiger partial charge is 0.403 e. The standard InChI is InChI=1S/C26H27Cl2F4N7O2/c1-3-39(24(40)20-5-4-10-35-20)21(23(34-2)15-6-8-17(27)18(28)11-15)13-36-25(37-14-33)38-16-7-9-19(29)22(12-16)41-26(30,31)32/h6-9,11-12,20-21,35H,3-5,10,13H2,1-2H3,(H2,36,37,38)/t20-,21?/m1/s1. The molecule has 3 N–H and O–H groups in total. The minimum Gasteiger partial charge on any atom is -0.403 e. The van der Waals surface area contributed by atoms with Crippen molar-refractivity contribution in [1.29, 1.82) is 5.26 Å². The van der Waals surface area contributed by atoms with Crippen LogP contribution >= 0.6 is 23.2 Å². The molecule has 1 heterocycles. The van der Waals surface area contributed by atoms with Crippen molar-refractivity contribution in [2.75, 3.05) is 32.0 Å². The highest BCUT2D eigenvalue weighted by molar-refractivity contribution is 6.42. The molecule has 9 nitrogen and oxygen atoms in total. The van der Waals surface area contributed by atoms with Gasteiger partial charge >= 0.3 is 6.36 Å². The number of benzene rings is 2. The molecule has 41 heavy (non-hydrogen) atoms. The Labute approximate surface area is 244 Å². The van der Waals surface area contributed by atoms with Crippen LogP contribution in [0.2, 0.25) is 10.0 Å². The van der Waals surface area contributed by atoms with Gasteiger partial charge in [-0.3, -0.25) is 15.1 Å². The SMILES string of the molecule is CCN(C(=O)[C@H]1CCCN1)C(CN=C(NC#N)Nc1ccc(F)c(OC(F)(F)F)c1)C(=NC)c1ccc(Cl)c(Cl)c1. The molecule has 15 heteroatoms. The molecule has 0 bridgehead atoms. The summed E-state index contributed by atoms with van der Waals surface area (Å²) in [6.45, 7) is 2.68. The number of rotatable bonds is 9. The van der Waals surface area contributed by atoms with E-state index in [2.05, 4.69) is 30.7 Å². The maximum atomic E-state index is 13.9. The first-order valence-corrected chi connectivity index (χ1v) is 13.2. The highest BCUT2D eigenvalue weighted by atomic mass is 35.5. The summed E-state index contributed by atoms with van der Waals surface area (Å²) in [6.07, 6.45) is -1.92. The number of alkyl halides is 3. The molecule has 1 unspecified atom stereocenters. The lowest BCUT2D eigenvalue weighted by Crippen LogP contribution is -2.53. The molecule has 0 saturated carbocycles. The second-order valence-corrected chi connectivity index (χ2v) is 9.59. The molecule has 1 aliphatic rings. The minimum atomic E-state index is -5.11. The van der Waals surface area contributed by atoms with Crippen molar-refractivity contribution >= 4 is 46.5 Å². The number of nitrogens with one attached hydrogen (secondary N) is 3. The third kappa shape index (κ3) is 8.69. The molecule has 0 radical (unpaired) electrons. The number of carbonyl (C=O) groups excluding carboxylic acids is 1. The number of guanidine groups is 1. The average molecular weight is 616 g/mol. The van der Waals surface area contributed by atoms with E-state index < -0.39 is 30.0 Å². The Kier molecular flexibility index (Phi) is 11.2. The fraction of sp³-hybridized carbons (Fsp3) is 0.385. The number of halogens is 6. The van der Waals surface area contributed by atoms with Crippen LogP contribution in [0.4, 0.5) is 23.2 Å². The van der Waals surface area contributed by atoms with Crippen molar-refractivity contribution < 1.29 is 27.1 Å². The van der Waals surface area contributed by atoms with E-state index in [-0.39, 0.29) is 29.1 Å². The number of hydrogen-bond acceptors (Lipinski definition) is 6. The lowest BCUT2D eigenvalue weighted by Gasteiger charge is -2.33. The molecule has 0 aliphatic carbocycles. The summed E-state index contributed by atoms with van der Waals surface area (Å²) < 4.78 is 55.6. The molecule has 2 aromatic rings. The van der Waals surface area contributed by atoms with E-state index in [4.69, 9.17) is 23.2 Å². The van der Waals surface area contributed by atoms with E-state index in [1.807, 2.05) is 0 Å². The maximum absolute atomic E-state index is 13.9. The topological polar surface area (TPSA) is 114 Å². The summed E-state index contributed by atoms with van der Waals surface area (Å²) in [4.78, 5) is 24.0. The fourth-order valence-electron chi connectivity index (χ4n) is 4.35. The van der Waals surface area contributed by atoms with Gasteiger partial charge in [0.05, 0.1) is 34.4 Å². The zero-order valence-electron chi connectivity index (χ0n) is 22.0. The van der Waals surface area contributed by atoms with Crippen molar-refractivity contribution in [3.8, 4) is 11.9 Å². The van der Waals surface area contributed by atoms with E-state index in [0.717, 1.165) is 24.6 Å². The first kappa shape index (κ1) is 31.9. The Morgan fingerprint density at radius 3 is 2.61 bits per heavy atom. The molecule has 0 aromatic heterocycles. The Morgan fingerprint density at radius 2 is 2.02 bits per heavy atom. The maximum Gasteiger partial charge on any atom is 0.573 e. The van der Waals surface area contributed by atoms with Crippen LogP contribution in [-0.2, 0) is 4.79 Å². The zero-order valence-corrected chi connectivity index (χ0v) is 23.5. The summed E-state index contributed by atoms with van der Waals surface area (Å²) in [7, 11) is 1.55. The number of nitriles is 1. The van der Waals surface area contributed by atoms with Crippen LogP contribution in [0.5, 0.6) is 5.75 Å². The van der Waals surface area contributed by atoms with Crippen LogP contribution in [0.3, 0.4) is 0 Å². The number of amides is 1. The van der Waals surface area contributed by atoms with Gasteiger partial charge < -0.3 is 20.3 Å². The van der Waals surface area contributed by atoms with Gasteiger partial charge in [-0.2, -0.15) is 5.26 Å². The third-order valence-electron chi connectivity index (χ3n) is 6.15. The predicted molar refractivity (Wildman–Crippen MR) is 149 cm³/mol. The highest BCUT2D eigenvalue weighted by Gasteiger charge is 2.34. The van der Waals surface area contributed by atoms with E-state index >= 15 is 0 Å². The first-order chi connectivity index (χ1) is 19.5. The van der Waals surface area contributed by atoms with Gasteiger partial charge in [0.2, 0.25) is 11.9 Å². The van der Waals surface area contributed by atoms with Gasteiger partial charge in [0.15, 0.2) is 17.8 Å². The van der Waals surface area contributed by atoms with Crippen molar-refractivity contribution in [3.05, 3.63) is 57.8 Å². The van der Waals surface area contributed by atoms with Crippen LogP contribution in [0.15, 0.2) is 46.4 Å². The third-order valence-corrected chi connectivity index (χ3v) is 6.89. The van der Waals surface area contributed by atoms with Gasteiger partial charge in [0.25, 0.3) is 0 Å². The number of nitrogens with zero attached hydrogens (tertiary/aromatic N) is 4. The second-order valence-electron chi connectivity index (χ2n) is 8.77. The van der Waals surface area contributed by atoms with Gasteiger partial charge in [-0.1, -0.05) is 29.3 Å². The summed E-state index contributed by atoms with van der Waals surface area (Å²) in [5, 5.41) is 18.0. The first-order valence-electron chi connectivity index (χ1n) is 12.4. The monoisotopic (exact) mass is 615 g/mol. The quantitative estimate of drug-likeness (QED) is 0.121. The molecule has 2 aromatic carbocycles. The van der Waals surface area contributed by atoms with Crippen LogP contribution in [0.25, 0.3) is 0 Å². The van der Waals surface area contributed by atoms with Gasteiger partial charge in [0, 0.05) is 25.3 Å². The second kappa shape index (κ2) is 14.3. The molecule has 1 saturated heterocycles. The van der Waals surface area contributed by atoms with E-state index in [1.165, 1.54) is 0 Å². The number of aliphatic imine (C=N–C) groups is 2. The normalized spacial score (nSPS) is 16.6. The number of ether oxygens (including phenoxy) is 1. The van der Waals surface area contributed by atoms with Crippen molar-refractivity contribution in [3.63, 3.8) is 0 Å². The van der Waals surface area contributed by atoms with Gasteiger partial charge in [0.1, 0.15) is 0 Å². The highest BCUT2D eigenvalue weighted by Crippen LogP contribution is 2.28. The van der Waals surface area contributed by atoms with Crippen molar-refractivity contribution in [2.45, 2.75) is 38.2 Å². The molecule has 1 aliphatic heterocycles. The molecule has 220 valence electrons. The molecule has 0 spiro atoms. The number of anilines is 1. The van der Waals surface area contributed by atoms with Gasteiger partial charge in [-0.05, 0) is 56.1 Å². The molecular formula is C26H27Cl2F4N7O2. The summed E-state index contributed by atoms with van der Waals surface area (Å²) in [5.74, 6) is -2.64. The van der Waals surface area contributed by atoms with E-state index in [0.29, 0.717) is 35.8 Å². The molecule has 1 amide bonds. The minimum absolute atomic E-state index is 0.0452. The van der Waals surface area contributed by atoms with Crippen molar-refractivity contribution in [1.82, 2.24) is 15.5 Å². The summed E-state index contributed by atoms with van der Waals surface area (Å²) in [6, 6.07) is 6.47. The predicted octanol–water partition coefficient (Wildman–Crippen LogP) is 4.96. The van der Waals surface area contributed by atoms with Crippen molar-refractivity contribution in [2.24, 2.45) is 9.98 Å². The average Bonchev–Trinajstić information content (AvgIpc) is 3.46. The Hall–Kier alpha value is -3.60. The molecular weight excluding hydrogens is 589 g/mol. The fourth-order valence-corrected chi connectivity index (χ4v) is 4.64. The lowest BCUT2D eigenvalue weighted by molar-refractivity contribution is -0.275. The lowest BCUT2D eigenvalue weighted by atomic mass is 10.00. The van der Waals surface area contributed by atoms with Crippen LogP contribution in [0.1, 0.15) is 25.3 Å². The zero-order chi connectivity index (χ0) is 30.2. The Bertz CT molecular complexity index is 1340. The van der Waals surface area contributed by atoms with E-state index in [9.17, 15) is 27.6 Å². The summed E-state index contributed by atoms with van der Waals surface area (Å²) in [5.41, 5.74) is 0.999. The van der Waals surface area contributed by atoms with Crippen LogP contribution in [-0.4, -0.2) is 67.6 Å². The largest absolute Gasteiger partial charge is 0.573 e. The number of carbonyl (C=O) groups is 1. The van der Waals surface area contributed by atoms with Gasteiger partial charge in [-0.25, -0.2) is 9.38 Å². The van der Waals surface area contributed by atoms with Crippen LogP contribution in [0, 0.1) is 17.3 Å². The molecule has 3 rings (SSSR count). The molecule has 2 atom stereocenters. The van der Waals surface area contributed by atoms with E-state index in [1.54, 1.807) is 43.3 Å². The summed E-state index contributed by atoms with van der Waals surface area (Å²) >= 11 is 12.4.